The molecule has 0 aliphatic heterocycles. The third kappa shape index (κ3) is 1.14. The van der Waals surface area contributed by atoms with E-state index in [-0.39, 0.29) is 5.82 Å². The van der Waals surface area contributed by atoms with E-state index in [1.807, 2.05) is 6.07 Å². The summed E-state index contributed by atoms with van der Waals surface area (Å²) in [7, 11) is 0. The molecule has 1 N–H and O–H groups in total. The lowest BCUT2D eigenvalue weighted by Crippen LogP contribution is -2.05. The standard InChI is InChI=1S/C12H9FN2O/c13-11-8-3-6-14-10(8)2-1-9(11)12(4-5-12)15-7-16/h1-3,6,14H,4-5H2. The zero-order valence-corrected chi connectivity index (χ0v) is 8.46. The van der Waals surface area contributed by atoms with Crippen molar-refractivity contribution in [1.29, 1.82) is 0 Å². The quantitative estimate of drug-likeness (QED) is 0.608. The molecule has 1 aromatic carbocycles. The molecule has 1 fully saturated rings. The molecule has 2 aromatic rings. The number of nitrogens with zero attached hydrogens (tertiary/aromatic N) is 1. The first kappa shape index (κ1) is 9.31. The monoisotopic (exact) mass is 216 g/mol. The minimum absolute atomic E-state index is 0.282. The number of nitrogens with one attached hydrogen (secondary N) is 1. The largest absolute Gasteiger partial charge is 0.361 e. The zero-order valence-electron chi connectivity index (χ0n) is 8.46. The Balaban J connectivity index is 2.24. The van der Waals surface area contributed by atoms with Crippen molar-refractivity contribution < 1.29 is 9.18 Å². The van der Waals surface area contributed by atoms with Crippen molar-refractivity contribution in [2.24, 2.45) is 4.99 Å². The summed E-state index contributed by atoms with van der Waals surface area (Å²) in [6.07, 6.45) is 4.67. The number of aromatic amines is 1. The number of hydrogen-bond donors (Lipinski definition) is 1. The van der Waals surface area contributed by atoms with Gasteiger partial charge in [-0.1, -0.05) is 6.07 Å². The number of hydrogen-bond acceptors (Lipinski definition) is 2. The van der Waals surface area contributed by atoms with Crippen LogP contribution in [0.1, 0.15) is 18.4 Å². The van der Waals surface area contributed by atoms with Crippen LogP contribution in [0.2, 0.25) is 0 Å². The maximum absolute atomic E-state index is 14.2. The van der Waals surface area contributed by atoms with Crippen molar-refractivity contribution in [2.75, 3.05) is 0 Å². The van der Waals surface area contributed by atoms with Crippen molar-refractivity contribution in [1.82, 2.24) is 4.98 Å². The summed E-state index contributed by atoms with van der Waals surface area (Å²) in [5.74, 6) is -0.282. The second-order valence-electron chi connectivity index (χ2n) is 4.10. The summed E-state index contributed by atoms with van der Waals surface area (Å²) >= 11 is 0. The van der Waals surface area contributed by atoms with Crippen molar-refractivity contribution >= 4 is 17.0 Å². The van der Waals surface area contributed by atoms with Crippen LogP contribution in [0.15, 0.2) is 29.4 Å². The van der Waals surface area contributed by atoms with Gasteiger partial charge in [-0.2, -0.15) is 4.99 Å². The molecule has 0 radical (unpaired) electrons. The molecule has 80 valence electrons. The highest BCUT2D eigenvalue weighted by Gasteiger charge is 2.46. The van der Waals surface area contributed by atoms with Gasteiger partial charge in [0, 0.05) is 22.7 Å². The number of aliphatic imine (C=N–C) groups is 1. The van der Waals surface area contributed by atoms with Crippen LogP contribution >= 0.6 is 0 Å². The Bertz CT molecular complexity index is 607. The van der Waals surface area contributed by atoms with Crippen molar-refractivity contribution in [3.8, 4) is 0 Å². The Kier molecular flexibility index (Phi) is 1.76. The van der Waals surface area contributed by atoms with E-state index in [4.69, 9.17) is 0 Å². The average Bonchev–Trinajstić information content (AvgIpc) is 2.89. The minimum atomic E-state index is -0.642. The van der Waals surface area contributed by atoms with Gasteiger partial charge in [-0.3, -0.25) is 0 Å². The number of halogens is 1. The second kappa shape index (κ2) is 3.03. The topological polar surface area (TPSA) is 45.2 Å². The van der Waals surface area contributed by atoms with Crippen LogP contribution < -0.4 is 0 Å². The van der Waals surface area contributed by atoms with Crippen molar-refractivity contribution in [2.45, 2.75) is 18.4 Å². The number of rotatable bonds is 2. The van der Waals surface area contributed by atoms with Gasteiger partial charge in [-0.15, -0.1) is 0 Å². The Hall–Kier alpha value is -1.93. The summed E-state index contributed by atoms with van der Waals surface area (Å²) in [5.41, 5.74) is 0.618. The van der Waals surface area contributed by atoms with E-state index in [9.17, 15) is 9.18 Å². The summed E-state index contributed by atoms with van der Waals surface area (Å²) in [6, 6.07) is 5.20. The fourth-order valence-corrected chi connectivity index (χ4v) is 2.10. The van der Waals surface area contributed by atoms with Gasteiger partial charge in [0.15, 0.2) is 0 Å². The van der Waals surface area contributed by atoms with Crippen LogP contribution in [0.25, 0.3) is 10.9 Å². The molecule has 0 saturated heterocycles. The van der Waals surface area contributed by atoms with Crippen LogP contribution in [0.3, 0.4) is 0 Å². The fourth-order valence-electron chi connectivity index (χ4n) is 2.10. The fraction of sp³-hybridized carbons (Fsp3) is 0.250. The highest BCUT2D eigenvalue weighted by Crippen LogP contribution is 2.50. The summed E-state index contributed by atoms with van der Waals surface area (Å²) in [4.78, 5) is 17.0. The Morgan fingerprint density at radius 3 is 2.88 bits per heavy atom. The summed E-state index contributed by atoms with van der Waals surface area (Å²) in [6.45, 7) is 0. The third-order valence-corrected chi connectivity index (χ3v) is 3.15. The third-order valence-electron chi connectivity index (χ3n) is 3.15. The van der Waals surface area contributed by atoms with E-state index in [1.54, 1.807) is 18.3 Å². The highest BCUT2D eigenvalue weighted by atomic mass is 19.1. The SMILES string of the molecule is O=C=NC1(c2ccc3[nH]ccc3c2F)CC1. The minimum Gasteiger partial charge on any atom is -0.361 e. The van der Waals surface area contributed by atoms with Gasteiger partial charge >= 0.3 is 0 Å². The molecule has 3 rings (SSSR count). The Labute approximate surface area is 91.0 Å². The molecule has 1 aliphatic carbocycles. The predicted octanol–water partition coefficient (Wildman–Crippen LogP) is 2.63. The lowest BCUT2D eigenvalue weighted by Gasteiger charge is -2.09. The molecule has 0 atom stereocenters. The first-order valence-electron chi connectivity index (χ1n) is 5.12. The van der Waals surface area contributed by atoms with Gasteiger partial charge in [-0.25, -0.2) is 9.18 Å². The lowest BCUT2D eigenvalue weighted by atomic mass is 10.0. The Morgan fingerprint density at radius 2 is 2.19 bits per heavy atom. The zero-order chi connectivity index (χ0) is 11.2. The van der Waals surface area contributed by atoms with Gasteiger partial charge in [0.25, 0.3) is 0 Å². The Morgan fingerprint density at radius 1 is 1.38 bits per heavy atom. The molecule has 1 aromatic heterocycles. The van der Waals surface area contributed by atoms with E-state index < -0.39 is 5.54 Å². The first-order chi connectivity index (χ1) is 7.77. The van der Waals surface area contributed by atoms with E-state index >= 15 is 0 Å². The van der Waals surface area contributed by atoms with E-state index in [0.29, 0.717) is 10.9 Å². The van der Waals surface area contributed by atoms with Gasteiger partial charge in [0.1, 0.15) is 11.4 Å². The average molecular weight is 216 g/mol. The smallest absolute Gasteiger partial charge is 0.235 e. The maximum Gasteiger partial charge on any atom is 0.235 e. The second-order valence-corrected chi connectivity index (χ2v) is 4.10. The van der Waals surface area contributed by atoms with Gasteiger partial charge in [-0.05, 0) is 25.0 Å². The van der Waals surface area contributed by atoms with Gasteiger partial charge in [0.2, 0.25) is 6.08 Å². The lowest BCUT2D eigenvalue weighted by molar-refractivity contribution is 0.550. The number of isocyanates is 1. The number of benzene rings is 1. The summed E-state index contributed by atoms with van der Waals surface area (Å²) in [5, 5.41) is 0.546. The van der Waals surface area contributed by atoms with Crippen molar-refractivity contribution in [3.05, 3.63) is 35.8 Å². The van der Waals surface area contributed by atoms with Crippen LogP contribution in [0, 0.1) is 5.82 Å². The predicted molar refractivity (Wildman–Crippen MR) is 57.3 cm³/mol. The molecule has 0 spiro atoms. The molecule has 0 amide bonds. The molecule has 1 heterocycles. The molecule has 0 bridgehead atoms. The molecule has 16 heavy (non-hydrogen) atoms. The molecule has 4 heteroatoms. The molecular formula is C12H9FN2O. The first-order valence-corrected chi connectivity index (χ1v) is 5.12. The van der Waals surface area contributed by atoms with Crippen LogP contribution in [0.4, 0.5) is 4.39 Å². The molecular weight excluding hydrogens is 207 g/mol. The normalized spacial score (nSPS) is 17.1. The molecule has 0 unspecified atom stereocenters. The molecule has 3 nitrogen and oxygen atoms in total. The van der Waals surface area contributed by atoms with Crippen LogP contribution in [-0.2, 0) is 10.3 Å². The molecule has 1 aliphatic rings. The van der Waals surface area contributed by atoms with Crippen LogP contribution in [0.5, 0.6) is 0 Å². The summed E-state index contributed by atoms with van der Waals surface area (Å²) < 4.78 is 14.2. The van der Waals surface area contributed by atoms with Crippen LogP contribution in [-0.4, -0.2) is 11.1 Å². The van der Waals surface area contributed by atoms with Crippen molar-refractivity contribution in [3.63, 3.8) is 0 Å². The number of carbonyl (C=O) groups excluding carboxylic acids is 1. The number of H-pyrrole nitrogens is 1. The van der Waals surface area contributed by atoms with E-state index in [0.717, 1.165) is 18.4 Å². The number of aromatic nitrogens is 1. The highest BCUT2D eigenvalue weighted by molar-refractivity contribution is 5.81. The van der Waals surface area contributed by atoms with Gasteiger partial charge in [0.05, 0.1) is 0 Å². The van der Waals surface area contributed by atoms with E-state index in [2.05, 4.69) is 9.98 Å². The maximum atomic E-state index is 14.2. The molecule has 1 saturated carbocycles. The number of fused-ring (bicyclic) bond motifs is 1. The van der Waals surface area contributed by atoms with Gasteiger partial charge < -0.3 is 4.98 Å². The van der Waals surface area contributed by atoms with E-state index in [1.165, 1.54) is 6.08 Å².